The Balaban J connectivity index is 2.07. The van der Waals surface area contributed by atoms with Crippen LogP contribution in [0.3, 0.4) is 0 Å². The SMILES string of the molecule is CCOC(=O)C1=C(C)OC(N)=C(C#N)C1c1cccc(-c2ccc(C(=O)OC)cc2)c1. The van der Waals surface area contributed by atoms with E-state index in [0.717, 1.165) is 11.1 Å². The van der Waals surface area contributed by atoms with Crippen molar-refractivity contribution in [3.63, 3.8) is 0 Å². The first-order valence-corrected chi connectivity index (χ1v) is 9.65. The van der Waals surface area contributed by atoms with Crippen LogP contribution in [0.4, 0.5) is 0 Å². The zero-order chi connectivity index (χ0) is 22.5. The minimum absolute atomic E-state index is 0.0362. The molecule has 7 nitrogen and oxygen atoms in total. The van der Waals surface area contributed by atoms with Crippen LogP contribution in [0.1, 0.15) is 35.7 Å². The van der Waals surface area contributed by atoms with E-state index in [1.165, 1.54) is 7.11 Å². The van der Waals surface area contributed by atoms with Crippen LogP contribution in [-0.4, -0.2) is 25.7 Å². The van der Waals surface area contributed by atoms with Crippen LogP contribution in [0.5, 0.6) is 0 Å². The van der Waals surface area contributed by atoms with Crippen LogP contribution in [0.25, 0.3) is 11.1 Å². The number of rotatable bonds is 5. The number of allylic oxidation sites excluding steroid dienone is 2. The van der Waals surface area contributed by atoms with E-state index >= 15 is 0 Å². The monoisotopic (exact) mass is 418 g/mol. The third-order valence-corrected chi connectivity index (χ3v) is 4.96. The molecule has 0 aliphatic carbocycles. The Morgan fingerprint density at radius 1 is 1.13 bits per heavy atom. The quantitative estimate of drug-likeness (QED) is 0.735. The molecule has 1 heterocycles. The van der Waals surface area contributed by atoms with Gasteiger partial charge in [0.25, 0.3) is 0 Å². The van der Waals surface area contributed by atoms with Gasteiger partial charge in [-0.3, -0.25) is 0 Å². The highest BCUT2D eigenvalue weighted by Gasteiger charge is 2.36. The van der Waals surface area contributed by atoms with E-state index in [9.17, 15) is 14.9 Å². The Hall–Kier alpha value is -4.05. The lowest BCUT2D eigenvalue weighted by Crippen LogP contribution is -2.25. The lowest BCUT2D eigenvalue weighted by molar-refractivity contribution is -0.139. The molecule has 0 fully saturated rings. The third-order valence-electron chi connectivity index (χ3n) is 4.96. The molecule has 0 amide bonds. The lowest BCUT2D eigenvalue weighted by atomic mass is 9.82. The molecular formula is C24H22N2O5. The summed E-state index contributed by atoms with van der Waals surface area (Å²) >= 11 is 0. The van der Waals surface area contributed by atoms with Crippen LogP contribution >= 0.6 is 0 Å². The van der Waals surface area contributed by atoms with E-state index in [-0.39, 0.29) is 23.6 Å². The largest absolute Gasteiger partial charge is 0.465 e. The summed E-state index contributed by atoms with van der Waals surface area (Å²) in [5.41, 5.74) is 9.18. The number of hydrogen-bond acceptors (Lipinski definition) is 7. The van der Waals surface area contributed by atoms with Gasteiger partial charge in [-0.2, -0.15) is 5.26 Å². The fourth-order valence-electron chi connectivity index (χ4n) is 3.50. The molecule has 0 saturated carbocycles. The highest BCUT2D eigenvalue weighted by atomic mass is 16.5. The number of ether oxygens (including phenoxy) is 3. The summed E-state index contributed by atoms with van der Waals surface area (Å²) in [5, 5.41) is 9.71. The van der Waals surface area contributed by atoms with Gasteiger partial charge in [0, 0.05) is 0 Å². The van der Waals surface area contributed by atoms with Crippen molar-refractivity contribution in [1.82, 2.24) is 0 Å². The fraction of sp³-hybridized carbons (Fsp3) is 0.208. The van der Waals surface area contributed by atoms with Crippen LogP contribution in [-0.2, 0) is 19.0 Å². The summed E-state index contributed by atoms with van der Waals surface area (Å²) in [5.74, 6) is -1.43. The van der Waals surface area contributed by atoms with Gasteiger partial charge in [0.15, 0.2) is 0 Å². The molecular weight excluding hydrogens is 396 g/mol. The number of nitriles is 1. The molecule has 0 bridgehead atoms. The van der Waals surface area contributed by atoms with Gasteiger partial charge in [-0.15, -0.1) is 0 Å². The number of esters is 2. The molecule has 2 aromatic carbocycles. The van der Waals surface area contributed by atoms with Crippen molar-refractivity contribution in [2.24, 2.45) is 5.73 Å². The van der Waals surface area contributed by atoms with Gasteiger partial charge in [-0.05, 0) is 42.7 Å². The maximum absolute atomic E-state index is 12.7. The number of nitrogens with zero attached hydrogens (tertiary/aromatic N) is 1. The zero-order valence-electron chi connectivity index (χ0n) is 17.5. The van der Waals surface area contributed by atoms with E-state index in [2.05, 4.69) is 6.07 Å². The molecule has 7 heteroatoms. The molecule has 0 aromatic heterocycles. The number of methoxy groups -OCH3 is 1. The Bertz CT molecular complexity index is 1120. The predicted octanol–water partition coefficient (Wildman–Crippen LogP) is 3.78. The highest BCUT2D eigenvalue weighted by molar-refractivity contribution is 5.93. The number of nitrogens with two attached hydrogens (primary N) is 1. The summed E-state index contributed by atoms with van der Waals surface area (Å²) in [6.07, 6.45) is 0. The number of hydrogen-bond donors (Lipinski definition) is 1. The van der Waals surface area contributed by atoms with E-state index in [4.69, 9.17) is 19.9 Å². The Morgan fingerprint density at radius 2 is 1.84 bits per heavy atom. The normalized spacial score (nSPS) is 15.7. The molecule has 31 heavy (non-hydrogen) atoms. The predicted molar refractivity (Wildman–Crippen MR) is 113 cm³/mol. The second kappa shape index (κ2) is 9.18. The number of carbonyl (C=O) groups excluding carboxylic acids is 2. The van der Waals surface area contributed by atoms with Crippen molar-refractivity contribution in [3.8, 4) is 17.2 Å². The molecule has 0 radical (unpaired) electrons. The van der Waals surface area contributed by atoms with Gasteiger partial charge >= 0.3 is 11.9 Å². The van der Waals surface area contributed by atoms with Crippen molar-refractivity contribution in [2.45, 2.75) is 19.8 Å². The van der Waals surface area contributed by atoms with Crippen LogP contribution in [0.2, 0.25) is 0 Å². The van der Waals surface area contributed by atoms with E-state index in [1.54, 1.807) is 38.1 Å². The Kier molecular flexibility index (Phi) is 6.41. The molecule has 1 unspecified atom stereocenters. The lowest BCUT2D eigenvalue weighted by Gasteiger charge is -2.27. The summed E-state index contributed by atoms with van der Waals surface area (Å²) in [6.45, 7) is 3.52. The molecule has 2 aromatic rings. The zero-order valence-corrected chi connectivity index (χ0v) is 17.5. The molecule has 0 saturated heterocycles. The van der Waals surface area contributed by atoms with Crippen molar-refractivity contribution in [2.75, 3.05) is 13.7 Å². The maximum atomic E-state index is 12.7. The third kappa shape index (κ3) is 4.28. The van der Waals surface area contributed by atoms with Crippen molar-refractivity contribution in [3.05, 3.63) is 82.4 Å². The topological polar surface area (TPSA) is 112 Å². The fourth-order valence-corrected chi connectivity index (χ4v) is 3.50. The standard InChI is InChI=1S/C24H22N2O5/c1-4-30-24(28)20-14(2)31-22(26)19(13-25)21(20)18-7-5-6-17(12-18)15-8-10-16(11-9-15)23(27)29-3/h5-12,21H,4,26H2,1-3H3. The molecule has 1 atom stereocenters. The smallest absolute Gasteiger partial charge is 0.338 e. The number of benzene rings is 2. The minimum Gasteiger partial charge on any atom is -0.465 e. The molecule has 1 aliphatic heterocycles. The van der Waals surface area contributed by atoms with Gasteiger partial charge < -0.3 is 19.9 Å². The van der Waals surface area contributed by atoms with Gasteiger partial charge in [0.05, 0.1) is 30.8 Å². The maximum Gasteiger partial charge on any atom is 0.338 e. The van der Waals surface area contributed by atoms with Crippen LogP contribution in [0.15, 0.2) is 71.3 Å². The summed E-state index contributed by atoms with van der Waals surface area (Å²) in [7, 11) is 1.33. The number of carbonyl (C=O) groups is 2. The van der Waals surface area contributed by atoms with Crippen molar-refractivity contribution >= 4 is 11.9 Å². The first-order chi connectivity index (χ1) is 14.9. The van der Waals surface area contributed by atoms with Gasteiger partial charge in [-0.25, -0.2) is 9.59 Å². The summed E-state index contributed by atoms with van der Waals surface area (Å²) < 4.78 is 15.4. The Morgan fingerprint density at radius 3 is 2.45 bits per heavy atom. The van der Waals surface area contributed by atoms with Crippen molar-refractivity contribution < 1.29 is 23.8 Å². The van der Waals surface area contributed by atoms with Crippen LogP contribution in [0, 0.1) is 11.3 Å². The second-order valence-electron chi connectivity index (χ2n) is 6.81. The summed E-state index contributed by atoms with van der Waals surface area (Å²) in [6, 6.07) is 16.5. The van der Waals surface area contributed by atoms with Crippen molar-refractivity contribution in [1.29, 1.82) is 5.26 Å². The van der Waals surface area contributed by atoms with E-state index in [0.29, 0.717) is 16.9 Å². The van der Waals surface area contributed by atoms with Crippen LogP contribution < -0.4 is 5.73 Å². The average Bonchev–Trinajstić information content (AvgIpc) is 2.78. The second-order valence-corrected chi connectivity index (χ2v) is 6.81. The summed E-state index contributed by atoms with van der Waals surface area (Å²) in [4.78, 5) is 24.3. The van der Waals surface area contributed by atoms with Gasteiger partial charge in [0.2, 0.25) is 5.88 Å². The Labute approximate surface area is 180 Å². The van der Waals surface area contributed by atoms with E-state index < -0.39 is 17.9 Å². The van der Waals surface area contributed by atoms with Gasteiger partial charge in [-0.1, -0.05) is 36.4 Å². The minimum atomic E-state index is -0.716. The molecule has 2 N–H and O–H groups in total. The molecule has 0 spiro atoms. The highest BCUT2D eigenvalue weighted by Crippen LogP contribution is 2.40. The molecule has 1 aliphatic rings. The molecule has 158 valence electrons. The first kappa shape index (κ1) is 21.7. The van der Waals surface area contributed by atoms with E-state index in [1.807, 2.05) is 24.3 Å². The van der Waals surface area contributed by atoms with Gasteiger partial charge in [0.1, 0.15) is 17.4 Å². The molecule has 3 rings (SSSR count). The first-order valence-electron chi connectivity index (χ1n) is 9.65. The average molecular weight is 418 g/mol.